The monoisotopic (exact) mass is 338 g/mol. The van der Waals surface area contributed by atoms with Crippen LogP contribution >= 0.6 is 0 Å². The molecular formula is C18H22N6O. The van der Waals surface area contributed by atoms with E-state index in [1.54, 1.807) is 12.5 Å². The lowest BCUT2D eigenvalue weighted by Gasteiger charge is -2.14. The zero-order valence-electron chi connectivity index (χ0n) is 14.6. The lowest BCUT2D eigenvalue weighted by Crippen LogP contribution is -2.21. The molecule has 7 nitrogen and oxygen atoms in total. The van der Waals surface area contributed by atoms with E-state index in [1.807, 2.05) is 20.0 Å². The molecule has 1 saturated heterocycles. The molecule has 4 heterocycles. The molecule has 4 rings (SSSR count). The molecule has 0 aromatic carbocycles. The Bertz CT molecular complexity index is 822. The minimum atomic E-state index is 0.613. The van der Waals surface area contributed by atoms with Gasteiger partial charge in [0.25, 0.3) is 0 Å². The van der Waals surface area contributed by atoms with E-state index in [0.29, 0.717) is 5.92 Å². The van der Waals surface area contributed by atoms with Crippen LogP contribution in [0.4, 0.5) is 0 Å². The predicted molar refractivity (Wildman–Crippen MR) is 92.7 cm³/mol. The first-order valence-corrected chi connectivity index (χ1v) is 8.64. The Morgan fingerprint density at radius 3 is 2.96 bits per heavy atom. The molecule has 0 bridgehead atoms. The quantitative estimate of drug-likeness (QED) is 0.769. The Morgan fingerprint density at radius 2 is 2.20 bits per heavy atom. The van der Waals surface area contributed by atoms with Crippen LogP contribution in [0.2, 0.25) is 0 Å². The number of aryl methyl sites for hydroxylation is 2. The SMILES string of the molecule is Cc1noc(C)c1-c1cc(CC2CCN(Cc3ncc[nH]3)C2)ncn1. The lowest BCUT2D eigenvalue weighted by molar-refractivity contribution is 0.309. The van der Waals surface area contributed by atoms with Crippen molar-refractivity contribution >= 4 is 0 Å². The minimum absolute atomic E-state index is 0.613. The summed E-state index contributed by atoms with van der Waals surface area (Å²) in [6.07, 6.45) is 7.48. The normalized spacial score (nSPS) is 18.1. The molecule has 1 fully saturated rings. The third kappa shape index (κ3) is 3.46. The highest BCUT2D eigenvalue weighted by molar-refractivity contribution is 5.63. The van der Waals surface area contributed by atoms with E-state index in [1.165, 1.54) is 6.42 Å². The van der Waals surface area contributed by atoms with E-state index in [-0.39, 0.29) is 0 Å². The highest BCUT2D eigenvalue weighted by Gasteiger charge is 2.24. The summed E-state index contributed by atoms with van der Waals surface area (Å²) < 4.78 is 5.26. The molecule has 1 atom stereocenters. The van der Waals surface area contributed by atoms with Crippen molar-refractivity contribution in [1.29, 1.82) is 0 Å². The second-order valence-corrected chi connectivity index (χ2v) is 6.72. The second-order valence-electron chi connectivity index (χ2n) is 6.72. The van der Waals surface area contributed by atoms with Gasteiger partial charge in [-0.25, -0.2) is 15.0 Å². The fraction of sp³-hybridized carbons (Fsp3) is 0.444. The molecule has 0 radical (unpaired) electrons. The van der Waals surface area contributed by atoms with Gasteiger partial charge in [-0.1, -0.05) is 5.16 Å². The van der Waals surface area contributed by atoms with Crippen LogP contribution in [0.5, 0.6) is 0 Å². The summed E-state index contributed by atoms with van der Waals surface area (Å²) in [4.78, 5) is 18.8. The third-order valence-electron chi connectivity index (χ3n) is 4.81. The number of nitrogens with one attached hydrogen (secondary N) is 1. The van der Waals surface area contributed by atoms with E-state index in [2.05, 4.69) is 36.1 Å². The van der Waals surface area contributed by atoms with Crippen molar-refractivity contribution in [2.75, 3.05) is 13.1 Å². The maximum absolute atomic E-state index is 5.26. The zero-order valence-corrected chi connectivity index (χ0v) is 14.6. The number of imidazole rings is 1. The molecular weight excluding hydrogens is 316 g/mol. The Balaban J connectivity index is 1.43. The van der Waals surface area contributed by atoms with Gasteiger partial charge in [0.05, 0.1) is 23.5 Å². The molecule has 1 aliphatic rings. The van der Waals surface area contributed by atoms with Crippen LogP contribution in [0.25, 0.3) is 11.3 Å². The van der Waals surface area contributed by atoms with Crippen molar-refractivity contribution in [2.24, 2.45) is 5.92 Å². The molecule has 0 spiro atoms. The van der Waals surface area contributed by atoms with Crippen molar-refractivity contribution in [3.05, 3.63) is 47.8 Å². The van der Waals surface area contributed by atoms with Crippen LogP contribution in [0.1, 0.15) is 29.4 Å². The lowest BCUT2D eigenvalue weighted by atomic mass is 10.0. The fourth-order valence-corrected chi connectivity index (χ4v) is 3.61. The number of aromatic amines is 1. The summed E-state index contributed by atoms with van der Waals surface area (Å²) >= 11 is 0. The van der Waals surface area contributed by atoms with Crippen molar-refractivity contribution < 1.29 is 4.52 Å². The fourth-order valence-electron chi connectivity index (χ4n) is 3.61. The van der Waals surface area contributed by atoms with Gasteiger partial charge in [-0.15, -0.1) is 0 Å². The Labute approximate surface area is 146 Å². The minimum Gasteiger partial charge on any atom is -0.361 e. The van der Waals surface area contributed by atoms with Gasteiger partial charge in [-0.05, 0) is 45.2 Å². The van der Waals surface area contributed by atoms with Gasteiger partial charge >= 0.3 is 0 Å². The molecule has 0 amide bonds. The smallest absolute Gasteiger partial charge is 0.143 e. The first kappa shape index (κ1) is 16.0. The van der Waals surface area contributed by atoms with Gasteiger partial charge in [0.1, 0.15) is 17.9 Å². The van der Waals surface area contributed by atoms with Gasteiger partial charge in [0.15, 0.2) is 0 Å². The summed E-state index contributed by atoms with van der Waals surface area (Å²) in [5.74, 6) is 2.44. The average molecular weight is 338 g/mol. The molecule has 1 N–H and O–H groups in total. The number of nitrogens with zero attached hydrogens (tertiary/aromatic N) is 5. The highest BCUT2D eigenvalue weighted by Crippen LogP contribution is 2.26. The molecule has 1 aliphatic heterocycles. The molecule has 130 valence electrons. The molecule has 0 aliphatic carbocycles. The van der Waals surface area contributed by atoms with Crippen LogP contribution in [-0.4, -0.2) is 43.1 Å². The largest absolute Gasteiger partial charge is 0.361 e. The van der Waals surface area contributed by atoms with Crippen molar-refractivity contribution in [3.8, 4) is 11.3 Å². The second kappa shape index (κ2) is 6.76. The molecule has 1 unspecified atom stereocenters. The van der Waals surface area contributed by atoms with Crippen LogP contribution in [0.15, 0.2) is 29.3 Å². The van der Waals surface area contributed by atoms with Gasteiger partial charge in [0, 0.05) is 24.6 Å². The van der Waals surface area contributed by atoms with E-state index < -0.39 is 0 Å². The summed E-state index contributed by atoms with van der Waals surface area (Å²) in [5.41, 5.74) is 3.82. The van der Waals surface area contributed by atoms with Crippen molar-refractivity contribution in [2.45, 2.75) is 33.2 Å². The number of hydrogen-bond acceptors (Lipinski definition) is 6. The highest BCUT2D eigenvalue weighted by atomic mass is 16.5. The van der Waals surface area contributed by atoms with Crippen molar-refractivity contribution in [3.63, 3.8) is 0 Å². The zero-order chi connectivity index (χ0) is 17.2. The first-order chi connectivity index (χ1) is 12.2. The number of rotatable bonds is 5. The van der Waals surface area contributed by atoms with Crippen LogP contribution in [0.3, 0.4) is 0 Å². The topological polar surface area (TPSA) is 83.7 Å². The van der Waals surface area contributed by atoms with Gasteiger partial charge < -0.3 is 9.51 Å². The molecule has 3 aromatic heterocycles. The number of hydrogen-bond donors (Lipinski definition) is 1. The molecule has 0 saturated carbocycles. The molecule has 3 aromatic rings. The van der Waals surface area contributed by atoms with Crippen LogP contribution < -0.4 is 0 Å². The van der Waals surface area contributed by atoms with E-state index in [0.717, 1.165) is 60.3 Å². The summed E-state index contributed by atoms with van der Waals surface area (Å²) in [5, 5.41) is 4.02. The van der Waals surface area contributed by atoms with Gasteiger partial charge in [-0.2, -0.15) is 0 Å². The number of likely N-dealkylation sites (tertiary alicyclic amines) is 1. The Kier molecular flexibility index (Phi) is 4.31. The van der Waals surface area contributed by atoms with Crippen molar-refractivity contribution in [1.82, 2.24) is 30.0 Å². The average Bonchev–Trinajstić information content (AvgIpc) is 3.32. The third-order valence-corrected chi connectivity index (χ3v) is 4.81. The standard InChI is InChI=1S/C18H22N6O/c1-12-18(13(2)25-23-12)16-8-15(21-11-22-16)7-14-3-6-24(9-14)10-17-19-4-5-20-17/h4-5,8,11,14H,3,6-7,9-10H2,1-2H3,(H,19,20). The van der Waals surface area contributed by atoms with Crippen LogP contribution in [0, 0.1) is 19.8 Å². The van der Waals surface area contributed by atoms with E-state index in [4.69, 9.17) is 4.52 Å². The number of H-pyrrole nitrogens is 1. The van der Waals surface area contributed by atoms with E-state index in [9.17, 15) is 0 Å². The van der Waals surface area contributed by atoms with E-state index >= 15 is 0 Å². The summed E-state index contributed by atoms with van der Waals surface area (Å²) in [6, 6.07) is 2.07. The Hall–Kier alpha value is -2.54. The maximum Gasteiger partial charge on any atom is 0.143 e. The Morgan fingerprint density at radius 1 is 1.28 bits per heavy atom. The predicted octanol–water partition coefficient (Wildman–Crippen LogP) is 2.54. The maximum atomic E-state index is 5.26. The molecule has 25 heavy (non-hydrogen) atoms. The summed E-state index contributed by atoms with van der Waals surface area (Å²) in [6.45, 7) is 6.92. The number of aromatic nitrogens is 5. The molecule has 7 heteroatoms. The first-order valence-electron chi connectivity index (χ1n) is 8.64. The van der Waals surface area contributed by atoms with Gasteiger partial charge in [-0.3, -0.25) is 4.90 Å². The van der Waals surface area contributed by atoms with Gasteiger partial charge in [0.2, 0.25) is 0 Å². The summed E-state index contributed by atoms with van der Waals surface area (Å²) in [7, 11) is 0. The van der Waals surface area contributed by atoms with Crippen LogP contribution in [-0.2, 0) is 13.0 Å².